The van der Waals surface area contributed by atoms with Crippen molar-refractivity contribution in [2.45, 2.75) is 19.8 Å². The maximum absolute atomic E-state index is 11.9. The first-order chi connectivity index (χ1) is 13.2. The van der Waals surface area contributed by atoms with Crippen molar-refractivity contribution in [3.05, 3.63) is 24.3 Å². The van der Waals surface area contributed by atoms with E-state index in [-0.39, 0.29) is 11.9 Å². The van der Waals surface area contributed by atoms with Gasteiger partial charge in [0.2, 0.25) is 0 Å². The average Bonchev–Trinajstić information content (AvgIpc) is 3.11. The minimum atomic E-state index is -0.0693. The van der Waals surface area contributed by atoms with Crippen LogP contribution in [0.3, 0.4) is 0 Å². The van der Waals surface area contributed by atoms with Crippen LogP contribution in [0.25, 0.3) is 10.2 Å². The molecule has 1 aromatic heterocycles. The van der Waals surface area contributed by atoms with Crippen LogP contribution < -0.4 is 10.6 Å². The predicted molar refractivity (Wildman–Crippen MR) is 110 cm³/mol. The predicted octanol–water partition coefficient (Wildman–Crippen LogP) is 2.56. The lowest BCUT2D eigenvalue weighted by atomic mass is 9.97. The number of para-hydroxylation sites is 1. The molecule has 146 valence electrons. The quantitative estimate of drug-likeness (QED) is 0.342. The second-order valence-electron chi connectivity index (χ2n) is 6.40. The molecule has 1 saturated heterocycles. The average molecular weight is 390 g/mol. The van der Waals surface area contributed by atoms with E-state index in [0.29, 0.717) is 6.61 Å². The molecule has 0 atom stereocenters. The second kappa shape index (κ2) is 9.55. The molecule has 0 unspecified atom stereocenters. The fourth-order valence-corrected chi connectivity index (χ4v) is 4.10. The normalized spacial score (nSPS) is 15.8. The molecule has 0 amide bonds. The SMILES string of the molecule is CCOC(=O)C1CCN(C(=NC)NCCNc2nc3ccccc3s2)CC1. The Morgan fingerprint density at radius 1 is 1.33 bits per heavy atom. The Balaban J connectivity index is 1.41. The molecule has 0 saturated carbocycles. The van der Waals surface area contributed by atoms with Crippen molar-refractivity contribution < 1.29 is 9.53 Å². The van der Waals surface area contributed by atoms with Crippen molar-refractivity contribution in [2.75, 3.05) is 45.2 Å². The van der Waals surface area contributed by atoms with Crippen LogP contribution in [0.15, 0.2) is 29.3 Å². The molecule has 2 heterocycles. The number of fused-ring (bicyclic) bond motifs is 1. The number of hydrogen-bond acceptors (Lipinski definition) is 6. The molecule has 2 N–H and O–H groups in total. The topological polar surface area (TPSA) is 78.8 Å². The van der Waals surface area contributed by atoms with Crippen LogP contribution >= 0.6 is 11.3 Å². The van der Waals surface area contributed by atoms with E-state index >= 15 is 0 Å². The molecule has 0 bridgehead atoms. The molecule has 7 nitrogen and oxygen atoms in total. The highest BCUT2D eigenvalue weighted by atomic mass is 32.1. The van der Waals surface area contributed by atoms with Crippen molar-refractivity contribution in [3.63, 3.8) is 0 Å². The summed E-state index contributed by atoms with van der Waals surface area (Å²) >= 11 is 1.66. The first-order valence-corrected chi connectivity index (χ1v) is 10.2. The monoisotopic (exact) mass is 389 g/mol. The molecule has 27 heavy (non-hydrogen) atoms. The highest BCUT2D eigenvalue weighted by molar-refractivity contribution is 7.22. The number of piperidine rings is 1. The summed E-state index contributed by atoms with van der Waals surface area (Å²) in [5, 5.41) is 7.68. The van der Waals surface area contributed by atoms with Gasteiger partial charge in [-0.25, -0.2) is 4.98 Å². The van der Waals surface area contributed by atoms with Crippen LogP contribution in [0.5, 0.6) is 0 Å². The lowest BCUT2D eigenvalue weighted by Crippen LogP contribution is -2.47. The highest BCUT2D eigenvalue weighted by Crippen LogP contribution is 2.25. The summed E-state index contributed by atoms with van der Waals surface area (Å²) in [4.78, 5) is 23.0. The van der Waals surface area contributed by atoms with Gasteiger partial charge in [0.05, 0.1) is 22.7 Å². The Hall–Kier alpha value is -2.35. The Morgan fingerprint density at radius 2 is 2.11 bits per heavy atom. The molecular formula is C19H27N5O2S. The Morgan fingerprint density at radius 3 is 2.81 bits per heavy atom. The number of guanidine groups is 1. The summed E-state index contributed by atoms with van der Waals surface area (Å²) < 4.78 is 6.32. The Bertz CT molecular complexity index is 750. The summed E-state index contributed by atoms with van der Waals surface area (Å²) in [6.45, 7) is 5.44. The molecule has 1 aromatic carbocycles. The van der Waals surface area contributed by atoms with Crippen LogP contribution in [0.1, 0.15) is 19.8 Å². The maximum Gasteiger partial charge on any atom is 0.309 e. The summed E-state index contributed by atoms with van der Waals surface area (Å²) in [6.07, 6.45) is 1.62. The van der Waals surface area contributed by atoms with Gasteiger partial charge in [-0.3, -0.25) is 9.79 Å². The number of nitrogens with one attached hydrogen (secondary N) is 2. The number of anilines is 1. The van der Waals surface area contributed by atoms with Crippen LogP contribution in [-0.4, -0.2) is 61.6 Å². The van der Waals surface area contributed by atoms with Crippen molar-refractivity contribution in [1.82, 2.24) is 15.2 Å². The van der Waals surface area contributed by atoms with Crippen LogP contribution in [0.4, 0.5) is 5.13 Å². The summed E-state index contributed by atoms with van der Waals surface area (Å²) in [5.74, 6) is 0.823. The summed E-state index contributed by atoms with van der Waals surface area (Å²) in [6, 6.07) is 8.14. The third-order valence-corrected chi connectivity index (χ3v) is 5.60. The number of nitrogens with zero attached hydrogens (tertiary/aromatic N) is 3. The van der Waals surface area contributed by atoms with Gasteiger partial charge in [0.15, 0.2) is 11.1 Å². The van der Waals surface area contributed by atoms with Gasteiger partial charge < -0.3 is 20.3 Å². The third-order valence-electron chi connectivity index (χ3n) is 4.60. The van der Waals surface area contributed by atoms with Crippen molar-refractivity contribution in [3.8, 4) is 0 Å². The molecule has 2 aromatic rings. The first kappa shape index (κ1) is 19.4. The lowest BCUT2D eigenvalue weighted by Gasteiger charge is -2.33. The van der Waals surface area contributed by atoms with E-state index < -0.39 is 0 Å². The van der Waals surface area contributed by atoms with Gasteiger partial charge in [-0.2, -0.15) is 0 Å². The number of rotatable bonds is 6. The zero-order valence-corrected chi connectivity index (χ0v) is 16.7. The molecule has 0 aliphatic carbocycles. The highest BCUT2D eigenvalue weighted by Gasteiger charge is 2.27. The lowest BCUT2D eigenvalue weighted by molar-refractivity contribution is -0.149. The van der Waals surface area contributed by atoms with Gasteiger partial charge in [-0.1, -0.05) is 23.5 Å². The molecule has 0 spiro atoms. The van der Waals surface area contributed by atoms with E-state index in [4.69, 9.17) is 4.74 Å². The van der Waals surface area contributed by atoms with E-state index in [1.54, 1.807) is 18.4 Å². The molecular weight excluding hydrogens is 362 g/mol. The molecule has 1 aliphatic rings. The van der Waals surface area contributed by atoms with E-state index in [9.17, 15) is 4.79 Å². The summed E-state index contributed by atoms with van der Waals surface area (Å²) in [5.41, 5.74) is 1.03. The Labute approximate surface area is 163 Å². The molecule has 3 rings (SSSR count). The number of thiazole rings is 1. The second-order valence-corrected chi connectivity index (χ2v) is 7.43. The standard InChI is InChI=1S/C19H27N5O2S/c1-3-26-17(25)14-8-12-24(13-9-14)18(20-2)21-10-11-22-19-23-15-6-4-5-7-16(15)27-19/h4-7,14H,3,8-13H2,1-2H3,(H,20,21)(H,22,23). The minimum Gasteiger partial charge on any atom is -0.466 e. The smallest absolute Gasteiger partial charge is 0.309 e. The number of ether oxygens (including phenoxy) is 1. The third kappa shape index (κ3) is 5.09. The van der Waals surface area contributed by atoms with Crippen molar-refractivity contribution in [2.24, 2.45) is 10.9 Å². The number of carbonyl (C=O) groups is 1. The van der Waals surface area contributed by atoms with Crippen molar-refractivity contribution >= 4 is 38.6 Å². The Kier molecular flexibility index (Phi) is 6.86. The van der Waals surface area contributed by atoms with E-state index in [1.165, 1.54) is 4.70 Å². The van der Waals surface area contributed by atoms with Gasteiger partial charge in [-0.15, -0.1) is 0 Å². The van der Waals surface area contributed by atoms with Gasteiger partial charge in [0.1, 0.15) is 0 Å². The van der Waals surface area contributed by atoms with Gasteiger partial charge in [0.25, 0.3) is 0 Å². The largest absolute Gasteiger partial charge is 0.466 e. The van der Waals surface area contributed by atoms with Crippen LogP contribution in [-0.2, 0) is 9.53 Å². The van der Waals surface area contributed by atoms with Crippen molar-refractivity contribution in [1.29, 1.82) is 0 Å². The number of hydrogen-bond donors (Lipinski definition) is 2. The van der Waals surface area contributed by atoms with Crippen LogP contribution in [0, 0.1) is 5.92 Å². The fourth-order valence-electron chi connectivity index (χ4n) is 3.21. The number of aliphatic imine (C=N–C) groups is 1. The van der Waals surface area contributed by atoms with Gasteiger partial charge in [-0.05, 0) is 31.9 Å². The zero-order chi connectivity index (χ0) is 19.1. The number of carbonyl (C=O) groups excluding carboxylic acids is 1. The van der Waals surface area contributed by atoms with E-state index in [2.05, 4.69) is 31.6 Å². The maximum atomic E-state index is 11.9. The zero-order valence-electron chi connectivity index (χ0n) is 15.9. The molecule has 0 radical (unpaired) electrons. The molecule has 1 fully saturated rings. The first-order valence-electron chi connectivity index (χ1n) is 9.43. The molecule has 1 aliphatic heterocycles. The fraction of sp³-hybridized carbons (Fsp3) is 0.526. The van der Waals surface area contributed by atoms with Gasteiger partial charge >= 0.3 is 5.97 Å². The number of benzene rings is 1. The number of aromatic nitrogens is 1. The van der Waals surface area contributed by atoms with Gasteiger partial charge in [0, 0.05) is 33.2 Å². The van der Waals surface area contributed by atoms with E-state index in [0.717, 1.165) is 55.6 Å². The minimum absolute atomic E-state index is 0.0139. The van der Waals surface area contributed by atoms with Crippen LogP contribution in [0.2, 0.25) is 0 Å². The number of likely N-dealkylation sites (tertiary alicyclic amines) is 1. The summed E-state index contributed by atoms with van der Waals surface area (Å²) in [7, 11) is 1.79. The number of esters is 1. The van der Waals surface area contributed by atoms with E-state index in [1.807, 2.05) is 25.1 Å². The molecule has 8 heteroatoms.